The molecule has 2 aliphatic rings. The molecule has 0 aromatic carbocycles. The van der Waals surface area contributed by atoms with Crippen molar-refractivity contribution in [3.05, 3.63) is 11.6 Å². The van der Waals surface area contributed by atoms with Crippen molar-refractivity contribution < 1.29 is 9.53 Å². The lowest BCUT2D eigenvalue weighted by Gasteiger charge is -2.29. The largest absolute Gasteiger partial charge is 0.354 e. The number of carbonyl (C=O) groups excluding carboxylic acids is 1. The van der Waals surface area contributed by atoms with Crippen molar-refractivity contribution in [2.75, 3.05) is 6.61 Å². The van der Waals surface area contributed by atoms with Crippen LogP contribution in [0.2, 0.25) is 0 Å². The summed E-state index contributed by atoms with van der Waals surface area (Å²) in [6.45, 7) is 6.48. The third-order valence-electron chi connectivity index (χ3n) is 2.60. The molecule has 0 saturated carbocycles. The van der Waals surface area contributed by atoms with Crippen molar-refractivity contribution in [1.29, 1.82) is 0 Å². The molecular weight excluding hydrogens is 154 g/mol. The topological polar surface area (TPSA) is 29.5 Å². The van der Waals surface area contributed by atoms with Crippen molar-refractivity contribution in [2.24, 2.45) is 0 Å². The maximum atomic E-state index is 11.5. The van der Waals surface area contributed by atoms with E-state index in [1.165, 1.54) is 0 Å². The predicted molar refractivity (Wildman–Crippen MR) is 44.4 cm³/mol. The van der Waals surface area contributed by atoms with Crippen LogP contribution in [0.15, 0.2) is 11.6 Å². The van der Waals surface area contributed by atoms with Gasteiger partial charge in [0.1, 0.15) is 5.72 Å². The lowest BCUT2D eigenvalue weighted by molar-refractivity contribution is -0.138. The number of carbonyl (C=O) groups is 1. The van der Waals surface area contributed by atoms with Crippen LogP contribution in [0.25, 0.3) is 0 Å². The zero-order valence-electron chi connectivity index (χ0n) is 7.63. The van der Waals surface area contributed by atoms with E-state index in [9.17, 15) is 4.79 Å². The summed E-state index contributed by atoms with van der Waals surface area (Å²) in [5.41, 5.74) is 0.696. The molecule has 1 saturated heterocycles. The molecule has 2 rings (SSSR count). The molecule has 66 valence electrons. The lowest BCUT2D eigenvalue weighted by atomic mass is 10.1. The van der Waals surface area contributed by atoms with Crippen molar-refractivity contribution in [3.63, 3.8) is 0 Å². The molecule has 3 heteroatoms. The summed E-state index contributed by atoms with van der Waals surface area (Å²) in [6.07, 6.45) is 1.70. The third kappa shape index (κ3) is 0.829. The summed E-state index contributed by atoms with van der Waals surface area (Å²) in [5.74, 6) is 0.0833. The van der Waals surface area contributed by atoms with Crippen LogP contribution in [-0.4, -0.2) is 29.2 Å². The van der Waals surface area contributed by atoms with Crippen molar-refractivity contribution in [2.45, 2.75) is 32.5 Å². The highest BCUT2D eigenvalue weighted by atomic mass is 16.5. The number of ether oxygens (including phenoxy) is 1. The quantitative estimate of drug-likeness (QED) is 0.536. The molecule has 1 amide bonds. The maximum absolute atomic E-state index is 11.5. The summed E-state index contributed by atoms with van der Waals surface area (Å²) < 4.78 is 5.51. The summed E-state index contributed by atoms with van der Waals surface area (Å²) in [5, 5.41) is 0. The number of hydrogen-bond acceptors (Lipinski definition) is 2. The monoisotopic (exact) mass is 167 g/mol. The molecule has 3 nitrogen and oxygen atoms in total. The molecule has 1 fully saturated rings. The molecule has 12 heavy (non-hydrogen) atoms. The Hall–Kier alpha value is -0.830. The Bertz CT molecular complexity index is 268. The van der Waals surface area contributed by atoms with Crippen LogP contribution in [0, 0.1) is 0 Å². The minimum Gasteiger partial charge on any atom is -0.354 e. The first-order valence-electron chi connectivity index (χ1n) is 4.18. The van der Waals surface area contributed by atoms with Gasteiger partial charge in [0.05, 0.1) is 12.6 Å². The van der Waals surface area contributed by atoms with Crippen molar-refractivity contribution >= 4 is 5.91 Å². The second-order valence-corrected chi connectivity index (χ2v) is 3.87. The molecule has 0 radical (unpaired) electrons. The summed E-state index contributed by atoms with van der Waals surface area (Å²) in [6, 6.07) is 0.187. The van der Waals surface area contributed by atoms with Crippen molar-refractivity contribution in [3.8, 4) is 0 Å². The molecule has 0 spiro atoms. The second-order valence-electron chi connectivity index (χ2n) is 3.87. The zero-order chi connectivity index (χ0) is 8.93. The van der Waals surface area contributed by atoms with Crippen LogP contribution in [0.3, 0.4) is 0 Å². The fourth-order valence-electron chi connectivity index (χ4n) is 1.92. The van der Waals surface area contributed by atoms with Gasteiger partial charge in [-0.2, -0.15) is 0 Å². The summed E-state index contributed by atoms with van der Waals surface area (Å²) >= 11 is 0. The Labute approximate surface area is 72.0 Å². The van der Waals surface area contributed by atoms with E-state index in [0.717, 1.165) is 5.57 Å². The highest BCUT2D eigenvalue weighted by Gasteiger charge is 2.46. The van der Waals surface area contributed by atoms with Gasteiger partial charge in [-0.15, -0.1) is 0 Å². The van der Waals surface area contributed by atoms with E-state index in [-0.39, 0.29) is 11.9 Å². The SMILES string of the molecule is CC1=CC(=O)N2C1COC2(C)C. The van der Waals surface area contributed by atoms with Gasteiger partial charge in [0, 0.05) is 6.08 Å². The van der Waals surface area contributed by atoms with E-state index < -0.39 is 5.72 Å². The Balaban J connectivity index is 2.35. The Morgan fingerprint density at radius 2 is 2.33 bits per heavy atom. The van der Waals surface area contributed by atoms with Crippen LogP contribution in [0.1, 0.15) is 20.8 Å². The van der Waals surface area contributed by atoms with Gasteiger partial charge >= 0.3 is 0 Å². The third-order valence-corrected chi connectivity index (χ3v) is 2.60. The highest BCUT2D eigenvalue weighted by molar-refractivity contribution is 5.92. The standard InChI is InChI=1S/C9H13NO2/c1-6-4-8(11)10-7(6)5-12-9(10,2)3/h4,7H,5H2,1-3H3. The molecule has 2 heterocycles. The van der Waals surface area contributed by atoms with Gasteiger partial charge in [0.15, 0.2) is 0 Å². The van der Waals surface area contributed by atoms with Crippen LogP contribution in [-0.2, 0) is 9.53 Å². The first-order chi connectivity index (χ1) is 5.52. The van der Waals surface area contributed by atoms with Gasteiger partial charge in [0.2, 0.25) is 5.91 Å². The van der Waals surface area contributed by atoms with Gasteiger partial charge in [0.25, 0.3) is 0 Å². The van der Waals surface area contributed by atoms with E-state index >= 15 is 0 Å². The number of amides is 1. The molecule has 0 bridgehead atoms. The summed E-state index contributed by atoms with van der Waals surface area (Å²) in [7, 11) is 0. The average molecular weight is 167 g/mol. The van der Waals surface area contributed by atoms with Gasteiger partial charge < -0.3 is 9.64 Å². The van der Waals surface area contributed by atoms with Gasteiger partial charge in [-0.25, -0.2) is 0 Å². The lowest BCUT2D eigenvalue weighted by Crippen LogP contribution is -2.44. The van der Waals surface area contributed by atoms with Crippen LogP contribution >= 0.6 is 0 Å². The fourth-order valence-corrected chi connectivity index (χ4v) is 1.92. The van der Waals surface area contributed by atoms with Crippen LogP contribution in [0.5, 0.6) is 0 Å². The highest BCUT2D eigenvalue weighted by Crippen LogP contribution is 2.34. The normalized spacial score (nSPS) is 32.2. The molecule has 0 aromatic rings. The molecule has 1 unspecified atom stereocenters. The average Bonchev–Trinajstić information content (AvgIpc) is 2.37. The first-order valence-corrected chi connectivity index (χ1v) is 4.18. The number of fused-ring (bicyclic) bond motifs is 1. The number of nitrogens with zero attached hydrogens (tertiary/aromatic N) is 1. The molecule has 0 aromatic heterocycles. The number of rotatable bonds is 0. The smallest absolute Gasteiger partial charge is 0.249 e. The molecule has 0 aliphatic carbocycles. The number of hydrogen-bond donors (Lipinski definition) is 0. The van der Waals surface area contributed by atoms with Crippen molar-refractivity contribution in [1.82, 2.24) is 4.90 Å². The van der Waals surface area contributed by atoms with E-state index in [4.69, 9.17) is 4.74 Å². The maximum Gasteiger partial charge on any atom is 0.249 e. The minimum atomic E-state index is -0.421. The fraction of sp³-hybridized carbons (Fsp3) is 0.667. The van der Waals surface area contributed by atoms with E-state index in [1.54, 1.807) is 6.08 Å². The molecule has 2 aliphatic heterocycles. The van der Waals surface area contributed by atoms with Gasteiger partial charge in [-0.3, -0.25) is 4.79 Å². The zero-order valence-corrected chi connectivity index (χ0v) is 7.63. The van der Waals surface area contributed by atoms with E-state index in [1.807, 2.05) is 25.7 Å². The van der Waals surface area contributed by atoms with Gasteiger partial charge in [-0.05, 0) is 26.3 Å². The van der Waals surface area contributed by atoms with E-state index in [0.29, 0.717) is 6.61 Å². The Kier molecular flexibility index (Phi) is 1.37. The second kappa shape index (κ2) is 2.10. The molecule has 0 N–H and O–H groups in total. The summed E-state index contributed by atoms with van der Waals surface area (Å²) in [4.78, 5) is 13.3. The Morgan fingerprint density at radius 1 is 1.67 bits per heavy atom. The minimum absolute atomic E-state index is 0.0833. The predicted octanol–water partition coefficient (Wildman–Crippen LogP) is 0.910. The van der Waals surface area contributed by atoms with Crippen LogP contribution in [0.4, 0.5) is 0 Å². The first kappa shape index (κ1) is 7.80. The van der Waals surface area contributed by atoms with Crippen LogP contribution < -0.4 is 0 Å². The van der Waals surface area contributed by atoms with E-state index in [2.05, 4.69) is 0 Å². The van der Waals surface area contributed by atoms with Gasteiger partial charge in [-0.1, -0.05) is 0 Å². The molecule has 1 atom stereocenters. The molecular formula is C9H13NO2. The Morgan fingerprint density at radius 3 is 2.92 bits per heavy atom.